The summed E-state index contributed by atoms with van der Waals surface area (Å²) in [5.74, 6) is 0.278. The van der Waals surface area contributed by atoms with E-state index < -0.39 is 0 Å². The molecule has 2 aliphatic rings. The number of likely N-dealkylation sites (tertiary alicyclic amines) is 1. The Balaban J connectivity index is 0.00000128. The van der Waals surface area contributed by atoms with E-state index in [9.17, 15) is 4.79 Å². The lowest BCUT2D eigenvalue weighted by Gasteiger charge is -2.33. The van der Waals surface area contributed by atoms with Gasteiger partial charge in [-0.05, 0) is 31.7 Å². The van der Waals surface area contributed by atoms with Gasteiger partial charge in [0.2, 0.25) is 5.91 Å². The van der Waals surface area contributed by atoms with Gasteiger partial charge in [-0.3, -0.25) is 4.79 Å². The van der Waals surface area contributed by atoms with Crippen LogP contribution >= 0.6 is 12.4 Å². The molecule has 94 valence electrons. The summed E-state index contributed by atoms with van der Waals surface area (Å²) in [6, 6.07) is 0. The summed E-state index contributed by atoms with van der Waals surface area (Å²) in [7, 11) is 1.84. The highest BCUT2D eigenvalue weighted by atomic mass is 35.5. The first-order valence-corrected chi connectivity index (χ1v) is 6.18. The van der Waals surface area contributed by atoms with Crippen molar-refractivity contribution >= 4 is 18.3 Å². The summed E-state index contributed by atoms with van der Waals surface area (Å²) in [4.78, 5) is 13.8. The summed E-state index contributed by atoms with van der Waals surface area (Å²) >= 11 is 0. The molecule has 1 heterocycles. The molecular formula is C12H23ClN2O. The SMILES string of the molecule is CNCC(=O)N1CCC2(CCCCC2)C1.Cl. The Labute approximate surface area is 104 Å². The maximum Gasteiger partial charge on any atom is 0.236 e. The molecule has 1 spiro atoms. The zero-order chi connectivity index (χ0) is 10.7. The second-order valence-corrected chi connectivity index (χ2v) is 5.16. The van der Waals surface area contributed by atoms with Crippen LogP contribution in [0.3, 0.4) is 0 Å². The molecular weight excluding hydrogens is 224 g/mol. The van der Waals surface area contributed by atoms with E-state index in [4.69, 9.17) is 0 Å². The topological polar surface area (TPSA) is 32.3 Å². The van der Waals surface area contributed by atoms with Crippen molar-refractivity contribution in [2.75, 3.05) is 26.7 Å². The Hall–Kier alpha value is -0.280. The molecule has 0 radical (unpaired) electrons. The molecule has 4 heteroatoms. The monoisotopic (exact) mass is 246 g/mol. The fourth-order valence-corrected chi connectivity index (χ4v) is 3.12. The van der Waals surface area contributed by atoms with Gasteiger partial charge in [0, 0.05) is 13.1 Å². The lowest BCUT2D eigenvalue weighted by Crippen LogP contribution is -2.37. The normalized spacial score (nSPS) is 23.2. The van der Waals surface area contributed by atoms with Crippen molar-refractivity contribution in [3.8, 4) is 0 Å². The lowest BCUT2D eigenvalue weighted by atomic mass is 9.73. The zero-order valence-electron chi connectivity index (χ0n) is 10.1. The molecule has 2 rings (SSSR count). The van der Waals surface area contributed by atoms with Crippen molar-refractivity contribution in [1.82, 2.24) is 10.2 Å². The summed E-state index contributed by atoms with van der Waals surface area (Å²) < 4.78 is 0. The molecule has 1 saturated carbocycles. The van der Waals surface area contributed by atoms with E-state index in [2.05, 4.69) is 10.2 Å². The smallest absolute Gasteiger partial charge is 0.236 e. The highest BCUT2D eigenvalue weighted by Gasteiger charge is 2.39. The van der Waals surface area contributed by atoms with Gasteiger partial charge in [-0.25, -0.2) is 0 Å². The average Bonchev–Trinajstić information content (AvgIpc) is 2.64. The van der Waals surface area contributed by atoms with Crippen molar-refractivity contribution in [3.05, 3.63) is 0 Å². The van der Waals surface area contributed by atoms with Crippen molar-refractivity contribution in [3.63, 3.8) is 0 Å². The third-order valence-electron chi connectivity index (χ3n) is 4.03. The first kappa shape index (κ1) is 13.8. The van der Waals surface area contributed by atoms with Crippen LogP contribution in [-0.4, -0.2) is 37.5 Å². The second kappa shape index (κ2) is 5.87. The third kappa shape index (κ3) is 2.89. The van der Waals surface area contributed by atoms with Gasteiger partial charge in [0.25, 0.3) is 0 Å². The van der Waals surface area contributed by atoms with Crippen LogP contribution in [0.5, 0.6) is 0 Å². The van der Waals surface area contributed by atoms with Crippen LogP contribution in [0, 0.1) is 5.41 Å². The number of halogens is 1. The molecule has 0 aromatic rings. The van der Waals surface area contributed by atoms with E-state index in [1.807, 2.05) is 7.05 Å². The Morgan fingerprint density at radius 1 is 1.25 bits per heavy atom. The minimum absolute atomic E-state index is 0. The number of rotatable bonds is 2. The number of carbonyl (C=O) groups is 1. The van der Waals surface area contributed by atoms with Crippen LogP contribution in [0.2, 0.25) is 0 Å². The van der Waals surface area contributed by atoms with E-state index in [0.29, 0.717) is 12.0 Å². The molecule has 3 nitrogen and oxygen atoms in total. The molecule has 0 aromatic carbocycles. The predicted molar refractivity (Wildman–Crippen MR) is 67.9 cm³/mol. The number of hydrogen-bond acceptors (Lipinski definition) is 2. The van der Waals surface area contributed by atoms with Gasteiger partial charge in [-0.2, -0.15) is 0 Å². The number of carbonyl (C=O) groups excluding carboxylic acids is 1. The van der Waals surface area contributed by atoms with Gasteiger partial charge in [0.05, 0.1) is 6.54 Å². The molecule has 0 atom stereocenters. The standard InChI is InChI=1S/C12H22N2O.ClH/c1-13-9-11(15)14-8-7-12(10-14)5-3-2-4-6-12;/h13H,2-10H2,1H3;1H. The highest BCUT2D eigenvalue weighted by Crippen LogP contribution is 2.43. The minimum Gasteiger partial charge on any atom is -0.341 e. The highest BCUT2D eigenvalue weighted by molar-refractivity contribution is 5.85. The summed E-state index contributed by atoms with van der Waals surface area (Å²) in [6.45, 7) is 2.50. The fraction of sp³-hybridized carbons (Fsp3) is 0.917. The Morgan fingerprint density at radius 2 is 1.94 bits per heavy atom. The molecule has 0 aromatic heterocycles. The second-order valence-electron chi connectivity index (χ2n) is 5.16. The number of nitrogens with one attached hydrogen (secondary N) is 1. The van der Waals surface area contributed by atoms with E-state index in [1.165, 1.54) is 38.5 Å². The van der Waals surface area contributed by atoms with Gasteiger partial charge in [0.1, 0.15) is 0 Å². The molecule has 1 aliphatic heterocycles. The fourth-order valence-electron chi connectivity index (χ4n) is 3.12. The zero-order valence-corrected chi connectivity index (χ0v) is 10.9. The molecule has 0 bridgehead atoms. The van der Waals surface area contributed by atoms with Crippen LogP contribution < -0.4 is 5.32 Å². The van der Waals surface area contributed by atoms with E-state index in [-0.39, 0.29) is 18.3 Å². The molecule has 1 amide bonds. The third-order valence-corrected chi connectivity index (χ3v) is 4.03. The van der Waals surface area contributed by atoms with Crippen LogP contribution in [0.15, 0.2) is 0 Å². The first-order chi connectivity index (χ1) is 7.26. The Kier molecular flexibility index (Phi) is 5.06. The van der Waals surface area contributed by atoms with Crippen molar-refractivity contribution in [2.24, 2.45) is 5.41 Å². The summed E-state index contributed by atoms with van der Waals surface area (Å²) in [5, 5.41) is 2.94. The number of hydrogen-bond donors (Lipinski definition) is 1. The molecule has 16 heavy (non-hydrogen) atoms. The lowest BCUT2D eigenvalue weighted by molar-refractivity contribution is -0.129. The first-order valence-electron chi connectivity index (χ1n) is 6.18. The quantitative estimate of drug-likeness (QED) is 0.806. The Morgan fingerprint density at radius 3 is 2.56 bits per heavy atom. The van der Waals surface area contributed by atoms with Gasteiger partial charge in [-0.1, -0.05) is 19.3 Å². The van der Waals surface area contributed by atoms with Crippen molar-refractivity contribution < 1.29 is 4.79 Å². The van der Waals surface area contributed by atoms with Crippen LogP contribution in [-0.2, 0) is 4.79 Å². The summed E-state index contributed by atoms with van der Waals surface area (Å²) in [6.07, 6.45) is 8.06. The van der Waals surface area contributed by atoms with Gasteiger partial charge >= 0.3 is 0 Å². The van der Waals surface area contributed by atoms with Crippen LogP contribution in [0.25, 0.3) is 0 Å². The van der Waals surface area contributed by atoms with Crippen LogP contribution in [0.1, 0.15) is 38.5 Å². The molecule has 1 N–H and O–H groups in total. The Bertz CT molecular complexity index is 239. The number of nitrogens with zero attached hydrogens (tertiary/aromatic N) is 1. The van der Waals surface area contributed by atoms with Crippen molar-refractivity contribution in [2.45, 2.75) is 38.5 Å². The summed E-state index contributed by atoms with van der Waals surface area (Å²) in [5.41, 5.74) is 0.502. The largest absolute Gasteiger partial charge is 0.341 e. The average molecular weight is 247 g/mol. The minimum atomic E-state index is 0. The van der Waals surface area contributed by atoms with E-state index in [1.54, 1.807) is 0 Å². The maximum atomic E-state index is 11.7. The van der Waals surface area contributed by atoms with E-state index >= 15 is 0 Å². The maximum absolute atomic E-state index is 11.7. The molecule has 1 aliphatic carbocycles. The van der Waals surface area contributed by atoms with Crippen LogP contribution in [0.4, 0.5) is 0 Å². The molecule has 2 fully saturated rings. The van der Waals surface area contributed by atoms with Crippen molar-refractivity contribution in [1.29, 1.82) is 0 Å². The molecule has 0 unspecified atom stereocenters. The van der Waals surface area contributed by atoms with Gasteiger partial charge < -0.3 is 10.2 Å². The van der Waals surface area contributed by atoms with Gasteiger partial charge in [-0.15, -0.1) is 12.4 Å². The number of amides is 1. The molecule has 1 saturated heterocycles. The van der Waals surface area contributed by atoms with Gasteiger partial charge in [0.15, 0.2) is 0 Å². The number of likely N-dealkylation sites (N-methyl/N-ethyl adjacent to an activating group) is 1. The predicted octanol–water partition coefficient (Wildman–Crippen LogP) is 1.81. The van der Waals surface area contributed by atoms with E-state index in [0.717, 1.165) is 13.1 Å².